The highest BCUT2D eigenvalue weighted by molar-refractivity contribution is 7.85. The highest BCUT2D eigenvalue weighted by Crippen LogP contribution is 2.13. The van der Waals surface area contributed by atoms with E-state index in [9.17, 15) is 22.9 Å². The van der Waals surface area contributed by atoms with Gasteiger partial charge in [-0.2, -0.15) is 8.42 Å². The van der Waals surface area contributed by atoms with E-state index in [1.807, 2.05) is 6.08 Å². The zero-order chi connectivity index (χ0) is 31.2. The smallest absolute Gasteiger partial charge is 0.267 e. The van der Waals surface area contributed by atoms with Gasteiger partial charge in [0.25, 0.3) is 10.1 Å². The summed E-state index contributed by atoms with van der Waals surface area (Å²) in [5.74, 6) is -0.988. The minimum Gasteiger partial charge on any atom is -0.387 e. The molecule has 0 heterocycles. The number of rotatable bonds is 30. The molecule has 6 nitrogen and oxygen atoms in total. The van der Waals surface area contributed by atoms with Gasteiger partial charge in [-0.1, -0.05) is 140 Å². The van der Waals surface area contributed by atoms with Gasteiger partial charge in [-0.05, 0) is 51.4 Å². The van der Waals surface area contributed by atoms with Crippen molar-refractivity contribution in [1.29, 1.82) is 0 Å². The minimum absolute atomic E-state index is 0.288. The second kappa shape index (κ2) is 29.6. The van der Waals surface area contributed by atoms with Crippen LogP contribution >= 0.6 is 0 Å². The van der Waals surface area contributed by atoms with Gasteiger partial charge in [0.1, 0.15) is 0 Å². The Morgan fingerprint density at radius 3 is 1.60 bits per heavy atom. The molecule has 246 valence electrons. The summed E-state index contributed by atoms with van der Waals surface area (Å²) < 4.78 is 32.2. The lowest BCUT2D eigenvalue weighted by molar-refractivity contribution is -0.122. The molecule has 0 saturated carbocycles. The molecule has 0 aliphatic heterocycles. The van der Waals surface area contributed by atoms with Gasteiger partial charge >= 0.3 is 0 Å². The van der Waals surface area contributed by atoms with Gasteiger partial charge in [-0.25, -0.2) is 0 Å². The van der Waals surface area contributed by atoms with Gasteiger partial charge in [-0.3, -0.25) is 9.35 Å². The van der Waals surface area contributed by atoms with Gasteiger partial charge in [-0.15, -0.1) is 0 Å². The third kappa shape index (κ3) is 30.0. The minimum atomic E-state index is -4.33. The molecule has 0 bridgehead atoms. The van der Waals surface area contributed by atoms with Gasteiger partial charge in [0.15, 0.2) is 0 Å². The Bertz CT molecular complexity index is 806. The molecule has 0 saturated heterocycles. The number of aliphatic hydroxyl groups excluding tert-OH is 1. The van der Waals surface area contributed by atoms with E-state index in [4.69, 9.17) is 0 Å². The zero-order valence-corrected chi connectivity index (χ0v) is 27.9. The number of nitrogens with one attached hydrogen (secondary N) is 1. The lowest BCUT2D eigenvalue weighted by Crippen LogP contribution is -2.46. The summed E-state index contributed by atoms with van der Waals surface area (Å²) in [6.45, 7) is 4.42. The molecule has 0 aromatic rings. The highest BCUT2D eigenvalue weighted by atomic mass is 32.2. The molecule has 0 fully saturated rings. The van der Waals surface area contributed by atoms with Crippen LogP contribution in [0.15, 0.2) is 36.5 Å². The van der Waals surface area contributed by atoms with E-state index in [1.165, 1.54) is 102 Å². The maximum absolute atomic E-state index is 12.4. The van der Waals surface area contributed by atoms with E-state index in [2.05, 4.69) is 43.5 Å². The van der Waals surface area contributed by atoms with Crippen molar-refractivity contribution in [3.05, 3.63) is 36.5 Å². The number of carbonyl (C=O) groups excluding carboxylic acids is 1. The second-order valence-corrected chi connectivity index (χ2v) is 13.3. The van der Waals surface area contributed by atoms with Crippen molar-refractivity contribution in [3.8, 4) is 0 Å². The van der Waals surface area contributed by atoms with Gasteiger partial charge in [0.05, 0.1) is 17.9 Å². The standard InChI is InChI=1S/C35H65NO5S/c1-3-5-7-9-11-13-14-15-16-17-18-19-20-21-22-23-25-27-29-31-35(38)36-33(32-42(39,40)41)34(37)30-28-26-24-12-10-8-6-4-2/h11,13,15-16,28,30,33-34,37H,3-10,12,14,17-27,29,31-32H2,1-2H3,(H,36,38)(H,39,40,41)/b13-11-,16-15-,30-28+. The largest absolute Gasteiger partial charge is 0.387 e. The van der Waals surface area contributed by atoms with E-state index < -0.39 is 28.0 Å². The van der Waals surface area contributed by atoms with Crippen LogP contribution in [0.1, 0.15) is 162 Å². The Hall–Kier alpha value is -1.44. The number of amides is 1. The van der Waals surface area contributed by atoms with Gasteiger partial charge in [0.2, 0.25) is 5.91 Å². The fourth-order valence-electron chi connectivity index (χ4n) is 4.95. The number of unbranched alkanes of at least 4 members (excludes halogenated alkanes) is 18. The second-order valence-electron chi connectivity index (χ2n) is 11.8. The summed E-state index contributed by atoms with van der Waals surface area (Å²) in [6, 6.07) is -1.05. The monoisotopic (exact) mass is 611 g/mol. The molecule has 7 heteroatoms. The first-order valence-electron chi connectivity index (χ1n) is 17.2. The van der Waals surface area contributed by atoms with Crippen LogP contribution in [0.4, 0.5) is 0 Å². The van der Waals surface area contributed by atoms with Crippen molar-refractivity contribution in [1.82, 2.24) is 5.32 Å². The van der Waals surface area contributed by atoms with Crippen molar-refractivity contribution in [2.45, 2.75) is 174 Å². The number of hydrogen-bond donors (Lipinski definition) is 3. The fraction of sp³-hybridized carbons (Fsp3) is 0.800. The molecule has 2 atom stereocenters. The van der Waals surface area contributed by atoms with Crippen molar-refractivity contribution in [2.24, 2.45) is 0 Å². The van der Waals surface area contributed by atoms with Crippen LogP contribution in [0.3, 0.4) is 0 Å². The Balaban J connectivity index is 3.92. The molecule has 0 spiro atoms. The quantitative estimate of drug-likeness (QED) is 0.0426. The van der Waals surface area contributed by atoms with Gasteiger partial charge < -0.3 is 10.4 Å². The molecule has 2 unspecified atom stereocenters. The molecule has 0 aliphatic rings. The SMILES string of the molecule is CCCCC/C=C\C/C=C\CCCCCCCCCCCC(=O)NC(CS(=O)(=O)O)C(O)/C=C/CCCCCCCC. The van der Waals surface area contributed by atoms with Crippen molar-refractivity contribution in [3.63, 3.8) is 0 Å². The van der Waals surface area contributed by atoms with Gasteiger partial charge in [0, 0.05) is 6.42 Å². The number of allylic oxidation sites excluding steroid dienone is 5. The normalized spacial score (nSPS) is 13.9. The summed E-state index contributed by atoms with van der Waals surface area (Å²) in [5, 5.41) is 13.1. The summed E-state index contributed by atoms with van der Waals surface area (Å²) >= 11 is 0. The highest BCUT2D eigenvalue weighted by Gasteiger charge is 2.24. The predicted molar refractivity (Wildman–Crippen MR) is 179 cm³/mol. The van der Waals surface area contributed by atoms with Crippen LogP contribution in [0, 0.1) is 0 Å². The van der Waals surface area contributed by atoms with Crippen molar-refractivity contribution >= 4 is 16.0 Å². The van der Waals surface area contributed by atoms with Crippen LogP contribution in [0.25, 0.3) is 0 Å². The van der Waals surface area contributed by atoms with E-state index in [1.54, 1.807) is 0 Å². The lowest BCUT2D eigenvalue weighted by Gasteiger charge is -2.21. The topological polar surface area (TPSA) is 104 Å². The summed E-state index contributed by atoms with van der Waals surface area (Å²) in [5.41, 5.74) is 0. The summed E-state index contributed by atoms with van der Waals surface area (Å²) in [7, 11) is -4.33. The molecule has 1 amide bonds. The maximum Gasteiger partial charge on any atom is 0.267 e. The molecule has 0 radical (unpaired) electrons. The van der Waals surface area contributed by atoms with E-state index >= 15 is 0 Å². The first-order chi connectivity index (χ1) is 20.3. The van der Waals surface area contributed by atoms with Crippen LogP contribution in [0.5, 0.6) is 0 Å². The maximum atomic E-state index is 12.4. The van der Waals surface area contributed by atoms with Crippen molar-refractivity contribution < 1.29 is 22.9 Å². The Morgan fingerprint density at radius 2 is 1.07 bits per heavy atom. The molecule has 3 N–H and O–H groups in total. The molecular weight excluding hydrogens is 546 g/mol. The first kappa shape index (κ1) is 40.6. The van der Waals surface area contributed by atoms with E-state index in [0.29, 0.717) is 6.42 Å². The lowest BCUT2D eigenvalue weighted by atomic mass is 10.1. The molecule has 0 aromatic heterocycles. The van der Waals surface area contributed by atoms with Crippen molar-refractivity contribution in [2.75, 3.05) is 5.75 Å². The Labute approximate surface area is 259 Å². The van der Waals surface area contributed by atoms with E-state index in [0.717, 1.165) is 44.9 Å². The average molecular weight is 612 g/mol. The number of hydrogen-bond acceptors (Lipinski definition) is 4. The average Bonchev–Trinajstić information content (AvgIpc) is 2.94. The molecule has 0 aromatic carbocycles. The summed E-state index contributed by atoms with van der Waals surface area (Å²) in [6.07, 6.45) is 37.1. The Kier molecular flexibility index (Phi) is 28.6. The van der Waals surface area contributed by atoms with Crippen LogP contribution < -0.4 is 5.32 Å². The Morgan fingerprint density at radius 1 is 0.643 bits per heavy atom. The third-order valence-electron chi connectivity index (χ3n) is 7.56. The van der Waals surface area contributed by atoms with Crippen LogP contribution in [-0.2, 0) is 14.9 Å². The molecule has 42 heavy (non-hydrogen) atoms. The predicted octanol–water partition coefficient (Wildman–Crippen LogP) is 9.40. The molecule has 0 rings (SSSR count). The zero-order valence-electron chi connectivity index (χ0n) is 27.1. The first-order valence-corrected chi connectivity index (χ1v) is 18.8. The van der Waals surface area contributed by atoms with E-state index in [-0.39, 0.29) is 5.91 Å². The fourth-order valence-corrected chi connectivity index (χ4v) is 5.68. The third-order valence-corrected chi connectivity index (χ3v) is 8.34. The molecular formula is C35H65NO5S. The number of carbonyl (C=O) groups is 1. The summed E-state index contributed by atoms with van der Waals surface area (Å²) in [4.78, 5) is 12.4. The van der Waals surface area contributed by atoms with Crippen LogP contribution in [-0.4, -0.2) is 41.9 Å². The van der Waals surface area contributed by atoms with Crippen LogP contribution in [0.2, 0.25) is 0 Å². The molecule has 0 aliphatic carbocycles. The number of aliphatic hydroxyl groups is 1.